The number of aliphatic hydroxyl groups excluding tert-OH is 1. The third-order valence-corrected chi connectivity index (χ3v) is 4.55. The minimum Gasteiger partial charge on any atom is -0.393 e. The van der Waals surface area contributed by atoms with E-state index < -0.39 is 0 Å². The fourth-order valence-electron chi connectivity index (χ4n) is 2.54. The molecule has 0 spiro atoms. The highest BCUT2D eigenvalue weighted by molar-refractivity contribution is 7.09. The molecule has 2 N–H and O–H groups in total. The number of aliphatic hydroxyl groups is 1. The van der Waals surface area contributed by atoms with Gasteiger partial charge in [0.05, 0.1) is 11.1 Å². The summed E-state index contributed by atoms with van der Waals surface area (Å²) in [7, 11) is 0. The van der Waals surface area contributed by atoms with Crippen molar-refractivity contribution >= 4 is 17.2 Å². The summed E-state index contributed by atoms with van der Waals surface area (Å²) in [5, 5.41) is 15.8. The Hall–Kier alpha value is -0.940. The van der Waals surface area contributed by atoms with Gasteiger partial charge in [-0.25, -0.2) is 4.98 Å². The Morgan fingerprint density at radius 1 is 1.47 bits per heavy atom. The van der Waals surface area contributed by atoms with Crippen LogP contribution in [0.3, 0.4) is 0 Å². The summed E-state index contributed by atoms with van der Waals surface area (Å²) in [6.45, 7) is 0.622. The number of thiazole rings is 1. The van der Waals surface area contributed by atoms with Crippen molar-refractivity contribution in [1.29, 1.82) is 0 Å². The first-order chi connectivity index (χ1) is 9.25. The van der Waals surface area contributed by atoms with E-state index in [-0.39, 0.29) is 17.9 Å². The number of carbonyl (C=O) groups excluding carboxylic acids is 1. The monoisotopic (exact) mass is 282 g/mol. The minimum absolute atomic E-state index is 0.0920. The first-order valence-electron chi connectivity index (χ1n) is 7.09. The zero-order valence-corrected chi connectivity index (χ0v) is 12.0. The molecule has 1 aromatic heterocycles. The maximum absolute atomic E-state index is 11.7. The third kappa shape index (κ3) is 4.91. The fraction of sp³-hybridized carbons (Fsp3) is 0.714. The van der Waals surface area contributed by atoms with Gasteiger partial charge in [0, 0.05) is 30.5 Å². The lowest BCUT2D eigenvalue weighted by Gasteiger charge is -2.27. The summed E-state index contributed by atoms with van der Waals surface area (Å²) in [5.74, 6) is 0.339. The van der Waals surface area contributed by atoms with Crippen LogP contribution in [0.1, 0.15) is 43.5 Å². The smallest absolute Gasteiger partial charge is 0.220 e. The second kappa shape index (κ2) is 7.60. The number of nitrogens with one attached hydrogen (secondary N) is 1. The lowest BCUT2D eigenvalue weighted by molar-refractivity contribution is -0.121. The first kappa shape index (κ1) is 14.5. The molecule has 0 bridgehead atoms. The Bertz CT molecular complexity index is 381. The summed E-state index contributed by atoms with van der Waals surface area (Å²) in [6.07, 6.45) is 8.01. The number of rotatable bonds is 6. The van der Waals surface area contributed by atoms with Gasteiger partial charge >= 0.3 is 0 Å². The van der Waals surface area contributed by atoms with Crippen LogP contribution in [0.15, 0.2) is 11.6 Å². The van der Waals surface area contributed by atoms with Gasteiger partial charge in [0.1, 0.15) is 0 Å². The second-order valence-electron chi connectivity index (χ2n) is 5.20. The van der Waals surface area contributed by atoms with Gasteiger partial charge in [0.25, 0.3) is 0 Å². The Balaban J connectivity index is 1.59. The summed E-state index contributed by atoms with van der Waals surface area (Å²) in [6, 6.07) is 0. The van der Waals surface area contributed by atoms with Crippen LogP contribution in [-0.2, 0) is 11.2 Å². The topological polar surface area (TPSA) is 62.2 Å². The van der Waals surface area contributed by atoms with E-state index in [0.29, 0.717) is 13.0 Å². The zero-order valence-electron chi connectivity index (χ0n) is 11.2. The molecule has 2 rings (SSSR count). The molecule has 2 atom stereocenters. The van der Waals surface area contributed by atoms with Crippen LogP contribution < -0.4 is 5.32 Å². The Morgan fingerprint density at radius 3 is 3.05 bits per heavy atom. The molecule has 2 unspecified atom stereocenters. The van der Waals surface area contributed by atoms with E-state index in [0.717, 1.165) is 37.1 Å². The molecule has 1 aliphatic rings. The molecular formula is C14H22N2O2S. The maximum Gasteiger partial charge on any atom is 0.220 e. The average Bonchev–Trinajstić information content (AvgIpc) is 2.91. The van der Waals surface area contributed by atoms with Gasteiger partial charge < -0.3 is 10.4 Å². The fourth-order valence-corrected chi connectivity index (χ4v) is 3.20. The van der Waals surface area contributed by atoms with Gasteiger partial charge in [-0.05, 0) is 25.7 Å². The number of aromatic nitrogens is 1. The first-order valence-corrected chi connectivity index (χ1v) is 7.97. The van der Waals surface area contributed by atoms with Crippen LogP contribution in [0, 0.1) is 5.92 Å². The van der Waals surface area contributed by atoms with Crippen molar-refractivity contribution in [2.45, 2.75) is 51.0 Å². The van der Waals surface area contributed by atoms with Crippen molar-refractivity contribution in [1.82, 2.24) is 10.3 Å². The summed E-state index contributed by atoms with van der Waals surface area (Å²) >= 11 is 1.64. The molecule has 106 valence electrons. The van der Waals surface area contributed by atoms with Crippen molar-refractivity contribution in [3.8, 4) is 0 Å². The molecule has 0 aliphatic heterocycles. The van der Waals surface area contributed by atoms with Gasteiger partial charge in [0.2, 0.25) is 5.91 Å². The van der Waals surface area contributed by atoms with E-state index in [1.807, 2.05) is 5.38 Å². The molecule has 0 radical (unpaired) electrons. The maximum atomic E-state index is 11.7. The Kier molecular flexibility index (Phi) is 5.79. The summed E-state index contributed by atoms with van der Waals surface area (Å²) in [4.78, 5) is 15.9. The number of amides is 1. The molecule has 1 fully saturated rings. The standard InChI is InChI=1S/C14H22N2O2S/c17-12-5-2-1-4-11(12)10-16-13(18)6-3-7-14-15-8-9-19-14/h8-9,11-12,17H,1-7,10H2,(H,16,18). The number of aryl methyl sites for hydroxylation is 1. The second-order valence-corrected chi connectivity index (χ2v) is 6.17. The normalized spacial score (nSPS) is 23.2. The number of hydrogen-bond acceptors (Lipinski definition) is 4. The van der Waals surface area contributed by atoms with E-state index in [1.165, 1.54) is 6.42 Å². The predicted octanol–water partition coefficient (Wildman–Crippen LogP) is 2.13. The van der Waals surface area contributed by atoms with Gasteiger partial charge in [-0.1, -0.05) is 12.8 Å². The van der Waals surface area contributed by atoms with Crippen molar-refractivity contribution < 1.29 is 9.90 Å². The van der Waals surface area contributed by atoms with Crippen LogP contribution in [0.25, 0.3) is 0 Å². The summed E-state index contributed by atoms with van der Waals surface area (Å²) < 4.78 is 0. The van der Waals surface area contributed by atoms with E-state index in [2.05, 4.69) is 10.3 Å². The van der Waals surface area contributed by atoms with E-state index in [9.17, 15) is 9.90 Å². The van der Waals surface area contributed by atoms with Crippen molar-refractivity contribution in [3.05, 3.63) is 16.6 Å². The molecule has 5 heteroatoms. The van der Waals surface area contributed by atoms with Gasteiger partial charge in [-0.15, -0.1) is 11.3 Å². The molecule has 1 amide bonds. The predicted molar refractivity (Wildman–Crippen MR) is 76.0 cm³/mol. The van der Waals surface area contributed by atoms with Crippen molar-refractivity contribution in [2.24, 2.45) is 5.92 Å². The average molecular weight is 282 g/mol. The minimum atomic E-state index is -0.232. The van der Waals surface area contributed by atoms with Crippen LogP contribution >= 0.6 is 11.3 Å². The zero-order chi connectivity index (χ0) is 13.5. The van der Waals surface area contributed by atoms with Gasteiger partial charge in [0.15, 0.2) is 0 Å². The van der Waals surface area contributed by atoms with Crippen molar-refractivity contribution in [2.75, 3.05) is 6.54 Å². The van der Waals surface area contributed by atoms with Crippen LogP contribution in [-0.4, -0.2) is 28.6 Å². The summed E-state index contributed by atoms with van der Waals surface area (Å²) in [5.41, 5.74) is 0. The molecule has 1 heterocycles. The Morgan fingerprint density at radius 2 is 2.32 bits per heavy atom. The Labute approximate surface area is 118 Å². The molecule has 1 saturated carbocycles. The van der Waals surface area contributed by atoms with Crippen molar-refractivity contribution in [3.63, 3.8) is 0 Å². The van der Waals surface area contributed by atoms with E-state index >= 15 is 0 Å². The van der Waals surface area contributed by atoms with Gasteiger partial charge in [-0.3, -0.25) is 4.79 Å². The highest BCUT2D eigenvalue weighted by atomic mass is 32.1. The molecular weight excluding hydrogens is 260 g/mol. The highest BCUT2D eigenvalue weighted by Gasteiger charge is 2.23. The number of nitrogens with zero attached hydrogens (tertiary/aromatic N) is 1. The lowest BCUT2D eigenvalue weighted by Crippen LogP contribution is -2.36. The van der Waals surface area contributed by atoms with E-state index in [4.69, 9.17) is 0 Å². The molecule has 0 saturated heterocycles. The molecule has 19 heavy (non-hydrogen) atoms. The van der Waals surface area contributed by atoms with Crippen LogP contribution in [0.5, 0.6) is 0 Å². The molecule has 4 nitrogen and oxygen atoms in total. The molecule has 1 aromatic rings. The molecule has 1 aliphatic carbocycles. The van der Waals surface area contributed by atoms with E-state index in [1.54, 1.807) is 17.5 Å². The van der Waals surface area contributed by atoms with Crippen LogP contribution in [0.2, 0.25) is 0 Å². The third-order valence-electron chi connectivity index (χ3n) is 3.71. The largest absolute Gasteiger partial charge is 0.393 e. The quantitative estimate of drug-likeness (QED) is 0.840. The van der Waals surface area contributed by atoms with Gasteiger partial charge in [-0.2, -0.15) is 0 Å². The molecule has 0 aromatic carbocycles. The number of carbonyl (C=O) groups is 1. The SMILES string of the molecule is O=C(CCCc1nccs1)NCC1CCCCC1O. The van der Waals surface area contributed by atoms with Crippen LogP contribution in [0.4, 0.5) is 0 Å². The lowest BCUT2D eigenvalue weighted by atomic mass is 9.86. The number of hydrogen-bond donors (Lipinski definition) is 2. The highest BCUT2D eigenvalue weighted by Crippen LogP contribution is 2.23.